The lowest BCUT2D eigenvalue weighted by atomic mass is 10.0. The van der Waals surface area contributed by atoms with Crippen LogP contribution in [-0.4, -0.2) is 4.98 Å². The van der Waals surface area contributed by atoms with Crippen molar-refractivity contribution >= 4 is 22.5 Å². The SMILES string of the molecule is CC(N)c1cc(Cl)c2cccnc2c1OCc1ccccc1. The van der Waals surface area contributed by atoms with E-state index in [0.717, 1.165) is 22.0 Å². The number of aromatic nitrogens is 1. The third-order valence-corrected chi connectivity index (χ3v) is 3.85. The van der Waals surface area contributed by atoms with E-state index in [4.69, 9.17) is 22.1 Å². The van der Waals surface area contributed by atoms with Crippen LogP contribution in [0.4, 0.5) is 0 Å². The number of pyridine rings is 1. The number of nitrogens with two attached hydrogens (primary N) is 1. The fourth-order valence-electron chi connectivity index (χ4n) is 2.42. The van der Waals surface area contributed by atoms with Crippen molar-refractivity contribution in [3.05, 3.63) is 70.9 Å². The molecule has 3 aromatic rings. The molecular formula is C18H17ClN2O. The monoisotopic (exact) mass is 312 g/mol. The number of fused-ring (bicyclic) bond motifs is 1. The van der Waals surface area contributed by atoms with Gasteiger partial charge in [-0.25, -0.2) is 0 Å². The lowest BCUT2D eigenvalue weighted by Crippen LogP contribution is -2.09. The molecule has 0 aliphatic heterocycles. The molecule has 0 radical (unpaired) electrons. The van der Waals surface area contributed by atoms with Gasteiger partial charge in [0.1, 0.15) is 12.1 Å². The molecule has 4 heteroatoms. The van der Waals surface area contributed by atoms with Crippen LogP contribution in [0, 0.1) is 0 Å². The van der Waals surface area contributed by atoms with Gasteiger partial charge in [-0.3, -0.25) is 4.98 Å². The Morgan fingerprint density at radius 3 is 2.68 bits per heavy atom. The summed E-state index contributed by atoms with van der Waals surface area (Å²) in [5.41, 5.74) is 8.79. The normalized spacial score (nSPS) is 12.3. The summed E-state index contributed by atoms with van der Waals surface area (Å²) < 4.78 is 6.05. The van der Waals surface area contributed by atoms with Gasteiger partial charge in [0.2, 0.25) is 0 Å². The Bertz CT molecular complexity index is 788. The van der Waals surface area contributed by atoms with Crippen molar-refractivity contribution in [2.45, 2.75) is 19.6 Å². The van der Waals surface area contributed by atoms with Gasteiger partial charge >= 0.3 is 0 Å². The summed E-state index contributed by atoms with van der Waals surface area (Å²) in [7, 11) is 0. The van der Waals surface area contributed by atoms with Crippen LogP contribution in [0.5, 0.6) is 5.75 Å². The van der Waals surface area contributed by atoms with Gasteiger partial charge in [0, 0.05) is 23.2 Å². The minimum absolute atomic E-state index is 0.185. The van der Waals surface area contributed by atoms with Crippen LogP contribution in [-0.2, 0) is 6.61 Å². The predicted molar refractivity (Wildman–Crippen MR) is 90.1 cm³/mol. The molecule has 0 saturated heterocycles. The lowest BCUT2D eigenvalue weighted by Gasteiger charge is -2.17. The van der Waals surface area contributed by atoms with Crippen molar-refractivity contribution in [2.24, 2.45) is 5.73 Å². The molecule has 3 rings (SSSR count). The molecule has 1 aromatic heterocycles. The highest BCUT2D eigenvalue weighted by Crippen LogP contribution is 2.36. The van der Waals surface area contributed by atoms with Gasteiger partial charge in [-0.15, -0.1) is 0 Å². The Labute approximate surface area is 134 Å². The first kappa shape index (κ1) is 14.8. The molecule has 1 heterocycles. The summed E-state index contributed by atoms with van der Waals surface area (Å²) in [6.45, 7) is 2.38. The number of halogens is 1. The highest BCUT2D eigenvalue weighted by molar-refractivity contribution is 6.35. The first-order chi connectivity index (χ1) is 10.7. The number of hydrogen-bond donors (Lipinski definition) is 1. The van der Waals surface area contributed by atoms with Gasteiger partial charge in [-0.1, -0.05) is 41.9 Å². The molecule has 2 N–H and O–H groups in total. The fraction of sp³-hybridized carbons (Fsp3) is 0.167. The largest absolute Gasteiger partial charge is 0.486 e. The van der Waals surface area contributed by atoms with Crippen LogP contribution in [0.2, 0.25) is 5.02 Å². The van der Waals surface area contributed by atoms with E-state index in [2.05, 4.69) is 4.98 Å². The molecule has 1 atom stereocenters. The molecule has 22 heavy (non-hydrogen) atoms. The molecule has 1 unspecified atom stereocenters. The van der Waals surface area contributed by atoms with Crippen molar-refractivity contribution in [2.75, 3.05) is 0 Å². The number of benzene rings is 2. The molecule has 0 fully saturated rings. The quantitative estimate of drug-likeness (QED) is 0.772. The summed E-state index contributed by atoms with van der Waals surface area (Å²) >= 11 is 6.34. The van der Waals surface area contributed by atoms with Crippen LogP contribution in [0.1, 0.15) is 24.1 Å². The Kier molecular flexibility index (Phi) is 4.27. The molecule has 112 valence electrons. The zero-order valence-electron chi connectivity index (χ0n) is 12.3. The van der Waals surface area contributed by atoms with E-state index >= 15 is 0 Å². The molecule has 2 aromatic carbocycles. The molecular weight excluding hydrogens is 296 g/mol. The third kappa shape index (κ3) is 2.91. The minimum atomic E-state index is -0.185. The first-order valence-electron chi connectivity index (χ1n) is 7.16. The number of nitrogens with zero attached hydrogens (tertiary/aromatic N) is 1. The van der Waals surface area contributed by atoms with E-state index in [1.54, 1.807) is 6.20 Å². The molecule has 0 bridgehead atoms. The van der Waals surface area contributed by atoms with E-state index in [-0.39, 0.29) is 6.04 Å². The topological polar surface area (TPSA) is 48.1 Å². The fourth-order valence-corrected chi connectivity index (χ4v) is 2.69. The van der Waals surface area contributed by atoms with Gasteiger partial charge in [-0.2, -0.15) is 0 Å². The molecule has 0 aliphatic carbocycles. The van der Waals surface area contributed by atoms with Crippen molar-refractivity contribution in [1.29, 1.82) is 0 Å². The van der Waals surface area contributed by atoms with Gasteiger partial charge in [-0.05, 0) is 30.7 Å². The van der Waals surface area contributed by atoms with Crippen LogP contribution in [0.3, 0.4) is 0 Å². The number of hydrogen-bond acceptors (Lipinski definition) is 3. The second-order valence-electron chi connectivity index (χ2n) is 5.24. The molecule has 3 nitrogen and oxygen atoms in total. The van der Waals surface area contributed by atoms with Crippen molar-refractivity contribution in [3.63, 3.8) is 0 Å². The number of rotatable bonds is 4. The maximum Gasteiger partial charge on any atom is 0.150 e. The Morgan fingerprint density at radius 1 is 1.18 bits per heavy atom. The molecule has 0 saturated carbocycles. The maximum atomic E-state index is 6.34. The van der Waals surface area contributed by atoms with Crippen molar-refractivity contribution in [3.8, 4) is 5.75 Å². The Balaban J connectivity index is 2.06. The van der Waals surface area contributed by atoms with Crippen molar-refractivity contribution in [1.82, 2.24) is 4.98 Å². The summed E-state index contributed by atoms with van der Waals surface area (Å²) in [5.74, 6) is 0.707. The standard InChI is InChI=1S/C18H17ClN2O/c1-12(20)15-10-16(19)14-8-5-9-21-17(14)18(15)22-11-13-6-3-2-4-7-13/h2-10,12H,11,20H2,1H3. The maximum absolute atomic E-state index is 6.34. The van der Waals surface area contributed by atoms with E-state index in [0.29, 0.717) is 17.4 Å². The lowest BCUT2D eigenvalue weighted by molar-refractivity contribution is 0.305. The average Bonchev–Trinajstić information content (AvgIpc) is 2.55. The highest BCUT2D eigenvalue weighted by atomic mass is 35.5. The molecule has 0 spiro atoms. The molecule has 0 aliphatic rings. The number of ether oxygens (including phenoxy) is 1. The summed E-state index contributed by atoms with van der Waals surface area (Å²) in [4.78, 5) is 4.43. The van der Waals surface area contributed by atoms with Crippen molar-refractivity contribution < 1.29 is 4.74 Å². The van der Waals surface area contributed by atoms with E-state index < -0.39 is 0 Å². The Hall–Kier alpha value is -2.10. The third-order valence-electron chi connectivity index (χ3n) is 3.54. The van der Waals surface area contributed by atoms with Crippen LogP contribution >= 0.6 is 11.6 Å². The van der Waals surface area contributed by atoms with Crippen LogP contribution in [0.15, 0.2) is 54.7 Å². The Morgan fingerprint density at radius 2 is 1.95 bits per heavy atom. The van der Waals surface area contributed by atoms with Gasteiger partial charge in [0.05, 0.1) is 5.02 Å². The zero-order chi connectivity index (χ0) is 15.5. The second kappa shape index (κ2) is 6.34. The summed E-state index contributed by atoms with van der Waals surface area (Å²) in [5, 5.41) is 1.51. The second-order valence-corrected chi connectivity index (χ2v) is 5.65. The first-order valence-corrected chi connectivity index (χ1v) is 7.54. The van der Waals surface area contributed by atoms with Gasteiger partial charge in [0.15, 0.2) is 5.75 Å². The highest BCUT2D eigenvalue weighted by Gasteiger charge is 2.16. The predicted octanol–water partition coefficient (Wildman–Crippen LogP) is 4.49. The summed E-state index contributed by atoms with van der Waals surface area (Å²) in [6, 6.07) is 15.5. The zero-order valence-corrected chi connectivity index (χ0v) is 13.0. The molecule has 0 amide bonds. The smallest absolute Gasteiger partial charge is 0.150 e. The average molecular weight is 313 g/mol. The van der Waals surface area contributed by atoms with E-state index in [1.807, 2.05) is 55.5 Å². The minimum Gasteiger partial charge on any atom is -0.486 e. The van der Waals surface area contributed by atoms with Crippen LogP contribution in [0.25, 0.3) is 10.9 Å². The summed E-state index contributed by atoms with van der Waals surface area (Å²) in [6.07, 6.45) is 1.74. The van der Waals surface area contributed by atoms with Crippen LogP contribution < -0.4 is 10.5 Å². The van der Waals surface area contributed by atoms with Gasteiger partial charge < -0.3 is 10.5 Å². The van der Waals surface area contributed by atoms with E-state index in [1.165, 1.54) is 0 Å². The van der Waals surface area contributed by atoms with E-state index in [9.17, 15) is 0 Å². The van der Waals surface area contributed by atoms with Gasteiger partial charge in [0.25, 0.3) is 0 Å².